The summed E-state index contributed by atoms with van der Waals surface area (Å²) in [5.41, 5.74) is 3.53. The number of nitrogens with zero attached hydrogens (tertiary/aromatic N) is 5. The van der Waals surface area contributed by atoms with E-state index in [0.29, 0.717) is 5.02 Å². The second-order valence-corrected chi connectivity index (χ2v) is 11.2. The highest BCUT2D eigenvalue weighted by molar-refractivity contribution is 7.89. The summed E-state index contributed by atoms with van der Waals surface area (Å²) < 4.78 is 27.9. The van der Waals surface area contributed by atoms with Crippen LogP contribution in [0.2, 0.25) is 5.02 Å². The number of aryl methyl sites for hydroxylation is 2. The van der Waals surface area contributed by atoms with Gasteiger partial charge in [0.2, 0.25) is 15.8 Å². The van der Waals surface area contributed by atoms with Crippen LogP contribution in [0.15, 0.2) is 65.8 Å². The highest BCUT2D eigenvalue weighted by Gasteiger charge is 2.31. The average Bonchev–Trinajstić information content (AvgIpc) is 2.87. The van der Waals surface area contributed by atoms with Crippen molar-refractivity contribution < 1.29 is 13.2 Å². The average molecular weight is 522 g/mol. The summed E-state index contributed by atoms with van der Waals surface area (Å²) >= 11 is 6.03. The van der Waals surface area contributed by atoms with E-state index in [-0.39, 0.29) is 42.8 Å². The molecule has 3 heterocycles. The molecule has 1 fully saturated rings. The van der Waals surface area contributed by atoms with Crippen LogP contribution in [0.1, 0.15) is 22.0 Å². The number of piperazine rings is 1. The van der Waals surface area contributed by atoms with Crippen LogP contribution in [-0.4, -0.2) is 64.7 Å². The fourth-order valence-corrected chi connectivity index (χ4v) is 6.00. The monoisotopic (exact) mass is 521 g/mol. The zero-order valence-electron chi connectivity index (χ0n) is 19.8. The minimum Gasteiger partial charge on any atom is -0.333 e. The van der Waals surface area contributed by atoms with E-state index in [0.717, 1.165) is 33.3 Å². The van der Waals surface area contributed by atoms with Crippen LogP contribution in [0, 0.1) is 13.8 Å². The van der Waals surface area contributed by atoms with Gasteiger partial charge in [0, 0.05) is 60.5 Å². The lowest BCUT2D eigenvalue weighted by molar-refractivity contribution is 0.0685. The third-order valence-electron chi connectivity index (χ3n) is 6.20. The molecule has 36 heavy (non-hydrogen) atoms. The van der Waals surface area contributed by atoms with Crippen molar-refractivity contribution >= 4 is 38.3 Å². The maximum absolute atomic E-state index is 13.2. The molecule has 5 rings (SSSR count). The number of benzene rings is 2. The Kier molecular flexibility index (Phi) is 6.46. The van der Waals surface area contributed by atoms with Gasteiger partial charge in [-0.05, 0) is 66.6 Å². The van der Waals surface area contributed by atoms with Gasteiger partial charge in [-0.1, -0.05) is 23.7 Å². The van der Waals surface area contributed by atoms with Crippen LogP contribution in [-0.2, 0) is 10.0 Å². The van der Waals surface area contributed by atoms with Gasteiger partial charge in [0.1, 0.15) is 0 Å². The highest BCUT2D eigenvalue weighted by atomic mass is 35.5. The largest absolute Gasteiger partial charge is 0.333 e. The van der Waals surface area contributed by atoms with Crippen molar-refractivity contribution in [2.75, 3.05) is 26.2 Å². The van der Waals surface area contributed by atoms with E-state index in [1.807, 2.05) is 26.0 Å². The van der Waals surface area contributed by atoms with Crippen LogP contribution in [0.25, 0.3) is 21.9 Å². The Morgan fingerprint density at radius 1 is 0.833 bits per heavy atom. The number of fused-ring (bicyclic) bond motifs is 1. The summed E-state index contributed by atoms with van der Waals surface area (Å²) in [4.78, 5) is 27.7. The molecule has 4 aromatic rings. The number of pyridine rings is 1. The number of amides is 1. The molecule has 184 valence electrons. The summed E-state index contributed by atoms with van der Waals surface area (Å²) in [5, 5.41) is 2.27. The topological polar surface area (TPSA) is 96.4 Å². The van der Waals surface area contributed by atoms with Crippen LogP contribution >= 0.6 is 11.6 Å². The lowest BCUT2D eigenvalue weighted by atomic mass is 10.1. The molecule has 8 nitrogen and oxygen atoms in total. The molecule has 0 atom stereocenters. The Hall–Kier alpha value is -3.40. The molecule has 1 amide bonds. The van der Waals surface area contributed by atoms with E-state index in [1.54, 1.807) is 53.7 Å². The Bertz CT molecular complexity index is 1550. The molecule has 0 aliphatic carbocycles. The highest BCUT2D eigenvalue weighted by Crippen LogP contribution is 2.25. The maximum Gasteiger partial charge on any atom is 0.291 e. The van der Waals surface area contributed by atoms with E-state index in [1.165, 1.54) is 4.31 Å². The van der Waals surface area contributed by atoms with Gasteiger partial charge in [-0.3, -0.25) is 9.78 Å². The molecule has 2 aromatic carbocycles. The first-order valence-electron chi connectivity index (χ1n) is 11.5. The molecule has 2 aromatic heterocycles. The number of sulfonamides is 1. The van der Waals surface area contributed by atoms with E-state index < -0.39 is 10.0 Å². The normalized spacial score (nSPS) is 14.8. The number of carbonyl (C=O) groups is 1. The molecule has 0 bridgehead atoms. The second kappa shape index (κ2) is 9.57. The van der Waals surface area contributed by atoms with Gasteiger partial charge in [-0.15, -0.1) is 0 Å². The van der Waals surface area contributed by atoms with Crippen molar-refractivity contribution in [1.82, 2.24) is 24.2 Å². The third kappa shape index (κ3) is 4.82. The summed E-state index contributed by atoms with van der Waals surface area (Å²) in [6.45, 7) is 4.75. The molecule has 10 heteroatoms. The first kappa shape index (κ1) is 24.3. The van der Waals surface area contributed by atoms with Crippen molar-refractivity contribution in [1.29, 1.82) is 0 Å². The van der Waals surface area contributed by atoms with Crippen LogP contribution in [0.3, 0.4) is 0 Å². The van der Waals surface area contributed by atoms with Crippen molar-refractivity contribution in [3.8, 4) is 11.1 Å². The van der Waals surface area contributed by atoms with Crippen molar-refractivity contribution in [2.45, 2.75) is 18.7 Å². The standard InChI is InChI=1S/C26H24ClN5O3S/c1-17-11-21(12-18(2)30-17)22-15-28-25(29-16-22)26(33)31-7-9-32(10-8-31)36(34,35)24-6-4-19-13-23(27)5-3-20(19)14-24/h3-6,11-16H,7-10H2,1-2H3. The lowest BCUT2D eigenvalue weighted by Crippen LogP contribution is -2.50. The predicted octanol–water partition coefficient (Wildman–Crippen LogP) is 4.11. The number of hydrogen-bond donors (Lipinski definition) is 0. The van der Waals surface area contributed by atoms with Crippen LogP contribution < -0.4 is 0 Å². The van der Waals surface area contributed by atoms with Gasteiger partial charge in [0.15, 0.2) is 0 Å². The van der Waals surface area contributed by atoms with Gasteiger partial charge in [-0.2, -0.15) is 4.31 Å². The minimum atomic E-state index is -3.69. The number of halogens is 1. The van der Waals surface area contributed by atoms with Crippen LogP contribution in [0.5, 0.6) is 0 Å². The van der Waals surface area contributed by atoms with Crippen molar-refractivity contribution in [2.24, 2.45) is 0 Å². The van der Waals surface area contributed by atoms with E-state index in [9.17, 15) is 13.2 Å². The fourth-order valence-electron chi connectivity index (χ4n) is 4.37. The molecule has 0 saturated carbocycles. The molecule has 0 radical (unpaired) electrons. The minimum absolute atomic E-state index is 0.0887. The van der Waals surface area contributed by atoms with Gasteiger partial charge in [-0.25, -0.2) is 18.4 Å². The molecule has 0 N–H and O–H groups in total. The van der Waals surface area contributed by atoms with Gasteiger partial charge in [0.25, 0.3) is 5.91 Å². The maximum atomic E-state index is 13.2. The molecule has 1 aliphatic rings. The third-order valence-corrected chi connectivity index (χ3v) is 8.33. The van der Waals surface area contributed by atoms with E-state index in [2.05, 4.69) is 15.0 Å². The zero-order valence-corrected chi connectivity index (χ0v) is 21.4. The van der Waals surface area contributed by atoms with Gasteiger partial charge < -0.3 is 4.90 Å². The fraction of sp³-hybridized carbons (Fsp3) is 0.231. The number of carbonyl (C=O) groups excluding carboxylic acids is 1. The van der Waals surface area contributed by atoms with E-state index >= 15 is 0 Å². The Morgan fingerprint density at radius 3 is 2.11 bits per heavy atom. The molecular formula is C26H24ClN5O3S. The second-order valence-electron chi connectivity index (χ2n) is 8.78. The van der Waals surface area contributed by atoms with E-state index in [4.69, 9.17) is 11.6 Å². The first-order valence-corrected chi connectivity index (χ1v) is 13.3. The lowest BCUT2D eigenvalue weighted by Gasteiger charge is -2.33. The summed E-state index contributed by atoms with van der Waals surface area (Å²) in [5.74, 6) is -0.228. The Morgan fingerprint density at radius 2 is 1.44 bits per heavy atom. The summed E-state index contributed by atoms with van der Waals surface area (Å²) in [7, 11) is -3.69. The Labute approximate surface area is 214 Å². The molecule has 0 spiro atoms. The summed E-state index contributed by atoms with van der Waals surface area (Å²) in [6, 6.07) is 14.2. The first-order chi connectivity index (χ1) is 17.2. The quantitative estimate of drug-likeness (QED) is 0.401. The molecule has 1 aliphatic heterocycles. The number of aromatic nitrogens is 3. The molecule has 0 unspecified atom stereocenters. The smallest absolute Gasteiger partial charge is 0.291 e. The van der Waals surface area contributed by atoms with Gasteiger partial charge in [0.05, 0.1) is 4.90 Å². The van der Waals surface area contributed by atoms with Gasteiger partial charge >= 0.3 is 0 Å². The van der Waals surface area contributed by atoms with Crippen molar-refractivity contribution in [3.63, 3.8) is 0 Å². The Balaban J connectivity index is 1.27. The SMILES string of the molecule is Cc1cc(-c2cnc(C(=O)N3CCN(S(=O)(=O)c4ccc5cc(Cl)ccc5c4)CC3)nc2)cc(C)n1. The summed E-state index contributed by atoms with van der Waals surface area (Å²) in [6.07, 6.45) is 3.25. The molecular weight excluding hydrogens is 498 g/mol. The predicted molar refractivity (Wildman–Crippen MR) is 138 cm³/mol. The van der Waals surface area contributed by atoms with Crippen molar-refractivity contribution in [3.05, 3.63) is 83.2 Å². The number of hydrogen-bond acceptors (Lipinski definition) is 6. The zero-order chi connectivity index (χ0) is 25.4. The van der Waals surface area contributed by atoms with Crippen LogP contribution in [0.4, 0.5) is 0 Å². The number of rotatable bonds is 4. The molecule has 1 saturated heterocycles.